The summed E-state index contributed by atoms with van der Waals surface area (Å²) in [4.78, 5) is 10.1. The molecule has 0 saturated carbocycles. The summed E-state index contributed by atoms with van der Waals surface area (Å²) in [6, 6.07) is 8.22. The highest BCUT2D eigenvalue weighted by Gasteiger charge is 2.22. The molecule has 1 unspecified atom stereocenters. The van der Waals surface area contributed by atoms with E-state index in [1.165, 1.54) is 15.4 Å². The lowest BCUT2D eigenvalue weighted by molar-refractivity contribution is 0.235. The number of benzene rings is 1. The Morgan fingerprint density at radius 2 is 2.25 bits per heavy atom. The highest BCUT2D eigenvalue weighted by atomic mass is 32.1. The van der Waals surface area contributed by atoms with Crippen LogP contribution in [0, 0.1) is 0 Å². The molecule has 0 amide bonds. The second-order valence-electron chi connectivity index (χ2n) is 5.76. The molecule has 128 valence electrons. The molecule has 1 aromatic carbocycles. The zero-order valence-electron chi connectivity index (χ0n) is 14.2. The number of ether oxygens (including phenoxy) is 1. The van der Waals surface area contributed by atoms with E-state index in [1.54, 1.807) is 18.4 Å². The number of thiazole rings is 1. The summed E-state index contributed by atoms with van der Waals surface area (Å²) in [6.07, 6.45) is 5.04. The van der Waals surface area contributed by atoms with Crippen LogP contribution in [0.4, 0.5) is 0 Å². The first kappa shape index (κ1) is 16.8. The Kier molecular flexibility index (Phi) is 5.69. The molecule has 2 N–H and O–H groups in total. The number of fused-ring (bicyclic) bond motifs is 1. The number of hydrogen-bond donors (Lipinski definition) is 2. The Bertz CT molecular complexity index is 673. The first-order chi connectivity index (χ1) is 11.8. The molecule has 1 aromatic heterocycles. The van der Waals surface area contributed by atoms with Crippen molar-refractivity contribution in [2.75, 3.05) is 20.1 Å². The van der Waals surface area contributed by atoms with Gasteiger partial charge in [-0.3, -0.25) is 4.99 Å². The van der Waals surface area contributed by atoms with Crippen LogP contribution in [0.1, 0.15) is 22.4 Å². The molecule has 0 aliphatic carbocycles. The molecule has 5 nitrogen and oxygen atoms in total. The van der Waals surface area contributed by atoms with Crippen LogP contribution in [0.2, 0.25) is 0 Å². The van der Waals surface area contributed by atoms with Crippen molar-refractivity contribution in [2.24, 2.45) is 4.99 Å². The van der Waals surface area contributed by atoms with Crippen molar-refractivity contribution in [3.63, 3.8) is 0 Å². The molecule has 2 aromatic rings. The maximum absolute atomic E-state index is 5.94. The normalized spacial score (nSPS) is 16.6. The zero-order valence-corrected chi connectivity index (χ0v) is 15.0. The topological polar surface area (TPSA) is 58.5 Å². The quantitative estimate of drug-likeness (QED) is 0.624. The smallest absolute Gasteiger partial charge is 0.191 e. The standard InChI is InChI=1S/C18H24N4OS/c1-3-15-12-21-17(24-15)8-9-20-18(19-2)22-11-14-10-13-6-4-5-7-16(13)23-14/h4-7,12,14H,3,8-11H2,1-2H3,(H2,19,20,22). The number of hydrogen-bond acceptors (Lipinski definition) is 4. The van der Waals surface area contributed by atoms with E-state index in [0.717, 1.165) is 44.1 Å². The number of aromatic nitrogens is 1. The lowest BCUT2D eigenvalue weighted by Crippen LogP contribution is -2.42. The predicted octanol–water partition coefficient (Wildman–Crippen LogP) is 2.42. The minimum atomic E-state index is 0.159. The molecule has 1 aliphatic rings. The molecule has 0 bridgehead atoms. The van der Waals surface area contributed by atoms with Gasteiger partial charge in [-0.2, -0.15) is 0 Å². The van der Waals surface area contributed by atoms with Gasteiger partial charge in [0.15, 0.2) is 5.96 Å². The average Bonchev–Trinajstić information content (AvgIpc) is 3.23. The number of guanidine groups is 1. The first-order valence-electron chi connectivity index (χ1n) is 8.41. The van der Waals surface area contributed by atoms with Crippen molar-refractivity contribution in [3.05, 3.63) is 45.9 Å². The highest BCUT2D eigenvalue weighted by Crippen LogP contribution is 2.27. The largest absolute Gasteiger partial charge is 0.488 e. The molecule has 0 fully saturated rings. The molecule has 0 saturated heterocycles. The van der Waals surface area contributed by atoms with Gasteiger partial charge in [0, 0.05) is 37.5 Å². The first-order valence-corrected chi connectivity index (χ1v) is 9.22. The molecule has 0 radical (unpaired) electrons. The average molecular weight is 344 g/mol. The van der Waals surface area contributed by atoms with E-state index in [0.29, 0.717) is 0 Å². The fraction of sp³-hybridized carbons (Fsp3) is 0.444. The molecule has 6 heteroatoms. The van der Waals surface area contributed by atoms with E-state index < -0.39 is 0 Å². The lowest BCUT2D eigenvalue weighted by Gasteiger charge is -2.15. The molecule has 1 aliphatic heterocycles. The molecule has 24 heavy (non-hydrogen) atoms. The summed E-state index contributed by atoms with van der Waals surface area (Å²) < 4.78 is 5.94. The number of nitrogens with one attached hydrogen (secondary N) is 2. The number of para-hydroxylation sites is 1. The van der Waals surface area contributed by atoms with Gasteiger partial charge in [0.2, 0.25) is 0 Å². The van der Waals surface area contributed by atoms with Crippen molar-refractivity contribution >= 4 is 17.3 Å². The van der Waals surface area contributed by atoms with Crippen LogP contribution in [0.3, 0.4) is 0 Å². The Labute approximate surface area is 147 Å². The van der Waals surface area contributed by atoms with Crippen molar-refractivity contribution in [1.29, 1.82) is 0 Å². The maximum Gasteiger partial charge on any atom is 0.191 e. The third-order valence-corrected chi connectivity index (χ3v) is 5.22. The van der Waals surface area contributed by atoms with E-state index in [-0.39, 0.29) is 6.10 Å². The number of aryl methyl sites for hydroxylation is 1. The predicted molar refractivity (Wildman–Crippen MR) is 99.1 cm³/mol. The van der Waals surface area contributed by atoms with E-state index in [1.807, 2.05) is 18.3 Å². The van der Waals surface area contributed by atoms with Gasteiger partial charge in [-0.25, -0.2) is 4.98 Å². The number of nitrogens with zero attached hydrogens (tertiary/aromatic N) is 2. The second kappa shape index (κ2) is 8.15. The van der Waals surface area contributed by atoms with Gasteiger partial charge >= 0.3 is 0 Å². The van der Waals surface area contributed by atoms with Gasteiger partial charge in [0.25, 0.3) is 0 Å². The summed E-state index contributed by atoms with van der Waals surface area (Å²) >= 11 is 1.79. The van der Waals surface area contributed by atoms with Gasteiger partial charge in [0.1, 0.15) is 11.9 Å². The Balaban J connectivity index is 1.40. The van der Waals surface area contributed by atoms with E-state index >= 15 is 0 Å². The van der Waals surface area contributed by atoms with Crippen LogP contribution in [-0.4, -0.2) is 37.2 Å². The van der Waals surface area contributed by atoms with Gasteiger partial charge in [0.05, 0.1) is 11.6 Å². The van der Waals surface area contributed by atoms with Gasteiger partial charge in [-0.05, 0) is 18.1 Å². The molecule has 0 spiro atoms. The molecule has 2 heterocycles. The summed E-state index contributed by atoms with van der Waals surface area (Å²) in [5.74, 6) is 1.81. The third kappa shape index (κ3) is 4.26. The van der Waals surface area contributed by atoms with Crippen molar-refractivity contribution in [3.8, 4) is 5.75 Å². The van der Waals surface area contributed by atoms with Crippen LogP contribution in [0.25, 0.3) is 0 Å². The van der Waals surface area contributed by atoms with Crippen LogP contribution >= 0.6 is 11.3 Å². The summed E-state index contributed by atoms with van der Waals surface area (Å²) in [6.45, 7) is 3.72. The fourth-order valence-corrected chi connectivity index (χ4v) is 3.58. The van der Waals surface area contributed by atoms with Gasteiger partial charge in [-0.1, -0.05) is 25.1 Å². The Morgan fingerprint density at radius 3 is 3.00 bits per heavy atom. The highest BCUT2D eigenvalue weighted by molar-refractivity contribution is 7.11. The zero-order chi connectivity index (χ0) is 16.8. The minimum Gasteiger partial charge on any atom is -0.488 e. The van der Waals surface area contributed by atoms with Crippen LogP contribution in [-0.2, 0) is 19.3 Å². The molecule has 1 atom stereocenters. The van der Waals surface area contributed by atoms with Gasteiger partial charge in [-0.15, -0.1) is 11.3 Å². The summed E-state index contributed by atoms with van der Waals surface area (Å²) in [5, 5.41) is 7.86. The van der Waals surface area contributed by atoms with Crippen LogP contribution < -0.4 is 15.4 Å². The van der Waals surface area contributed by atoms with Crippen molar-refractivity contribution < 1.29 is 4.74 Å². The SMILES string of the molecule is CCc1cnc(CCNC(=NC)NCC2Cc3ccccc3O2)s1. The van der Waals surface area contributed by atoms with E-state index in [4.69, 9.17) is 4.74 Å². The Hall–Kier alpha value is -2.08. The monoisotopic (exact) mass is 344 g/mol. The third-order valence-electron chi connectivity index (χ3n) is 4.02. The van der Waals surface area contributed by atoms with Crippen LogP contribution in [0.5, 0.6) is 5.75 Å². The van der Waals surface area contributed by atoms with E-state index in [2.05, 4.69) is 39.7 Å². The van der Waals surface area contributed by atoms with Crippen molar-refractivity contribution in [1.82, 2.24) is 15.6 Å². The summed E-state index contributed by atoms with van der Waals surface area (Å²) in [5.41, 5.74) is 1.28. The summed E-state index contributed by atoms with van der Waals surface area (Å²) in [7, 11) is 1.79. The van der Waals surface area contributed by atoms with Gasteiger partial charge < -0.3 is 15.4 Å². The second-order valence-corrected chi connectivity index (χ2v) is 6.96. The molecular weight excluding hydrogens is 320 g/mol. The van der Waals surface area contributed by atoms with Crippen LogP contribution in [0.15, 0.2) is 35.5 Å². The number of rotatable bonds is 6. The molecule has 3 rings (SSSR count). The number of aliphatic imine (C=N–C) groups is 1. The fourth-order valence-electron chi connectivity index (χ4n) is 2.71. The Morgan fingerprint density at radius 1 is 1.38 bits per heavy atom. The minimum absolute atomic E-state index is 0.159. The lowest BCUT2D eigenvalue weighted by atomic mass is 10.1. The maximum atomic E-state index is 5.94. The molecular formula is C18H24N4OS. The van der Waals surface area contributed by atoms with Crippen molar-refractivity contribution in [2.45, 2.75) is 32.3 Å². The van der Waals surface area contributed by atoms with E-state index in [9.17, 15) is 0 Å².